The van der Waals surface area contributed by atoms with Crippen LogP contribution < -0.4 is 5.32 Å². The van der Waals surface area contributed by atoms with E-state index in [9.17, 15) is 18.5 Å². The molecule has 2 heterocycles. The molecular formula is C21H19N3O3S. The Bertz CT molecular complexity index is 1260. The molecule has 0 spiro atoms. The molecule has 1 aliphatic rings. The summed E-state index contributed by atoms with van der Waals surface area (Å²) in [4.78, 5) is 12.8. The Kier molecular flexibility index (Phi) is 4.24. The van der Waals surface area contributed by atoms with Crippen LogP contribution in [0.1, 0.15) is 28.0 Å². The van der Waals surface area contributed by atoms with E-state index in [1.807, 2.05) is 17.6 Å². The van der Waals surface area contributed by atoms with Crippen molar-refractivity contribution >= 4 is 26.6 Å². The van der Waals surface area contributed by atoms with Gasteiger partial charge in [-0.25, -0.2) is 8.42 Å². The van der Waals surface area contributed by atoms with E-state index in [0.29, 0.717) is 24.3 Å². The SMILES string of the molecule is Cc1c2n(c3c(-c4ccc(S(C)(=O)=O)cc4)cc(C#N)cc13)CCCNC2=O. The number of sulfone groups is 1. The molecule has 1 amide bonds. The van der Waals surface area contributed by atoms with Gasteiger partial charge in [-0.2, -0.15) is 5.26 Å². The van der Waals surface area contributed by atoms with Gasteiger partial charge in [-0.05, 0) is 48.7 Å². The van der Waals surface area contributed by atoms with E-state index >= 15 is 0 Å². The van der Waals surface area contributed by atoms with Gasteiger partial charge in [0, 0.05) is 30.3 Å². The van der Waals surface area contributed by atoms with Crippen LogP contribution in [0.15, 0.2) is 41.3 Å². The highest BCUT2D eigenvalue weighted by atomic mass is 32.2. The number of nitrogens with zero attached hydrogens (tertiary/aromatic N) is 2. The number of carbonyl (C=O) groups is 1. The van der Waals surface area contributed by atoms with Gasteiger partial charge in [0.15, 0.2) is 9.84 Å². The molecule has 1 aliphatic heterocycles. The number of rotatable bonds is 2. The van der Waals surface area contributed by atoms with Gasteiger partial charge < -0.3 is 9.88 Å². The van der Waals surface area contributed by atoms with Gasteiger partial charge in [0.1, 0.15) is 5.69 Å². The third-order valence-electron chi connectivity index (χ3n) is 5.19. The fourth-order valence-corrected chi connectivity index (χ4v) is 4.49. The maximum absolute atomic E-state index is 12.6. The Morgan fingerprint density at radius 1 is 1.18 bits per heavy atom. The number of nitrogens with one attached hydrogen (secondary N) is 1. The lowest BCUT2D eigenvalue weighted by Gasteiger charge is -2.11. The van der Waals surface area contributed by atoms with E-state index in [2.05, 4.69) is 11.4 Å². The van der Waals surface area contributed by atoms with Crippen LogP contribution in [-0.4, -0.2) is 31.7 Å². The maximum atomic E-state index is 12.6. The number of carbonyl (C=O) groups excluding carboxylic acids is 1. The largest absolute Gasteiger partial charge is 0.351 e. The molecule has 0 saturated heterocycles. The molecule has 142 valence electrons. The molecule has 2 aromatic carbocycles. The molecule has 1 aromatic heterocycles. The van der Waals surface area contributed by atoms with Crippen LogP contribution in [0.2, 0.25) is 0 Å². The fraction of sp³-hybridized carbons (Fsp3) is 0.238. The summed E-state index contributed by atoms with van der Waals surface area (Å²) in [6, 6.07) is 12.4. The van der Waals surface area contributed by atoms with E-state index in [0.717, 1.165) is 34.0 Å². The normalized spacial score (nSPS) is 14.2. The summed E-state index contributed by atoms with van der Waals surface area (Å²) in [5.41, 5.74) is 4.49. The molecule has 4 rings (SSSR count). The lowest BCUT2D eigenvalue weighted by atomic mass is 9.99. The highest BCUT2D eigenvalue weighted by Crippen LogP contribution is 2.36. The molecular weight excluding hydrogens is 374 g/mol. The molecule has 0 bridgehead atoms. The van der Waals surface area contributed by atoms with E-state index in [4.69, 9.17) is 0 Å². The number of aryl methyl sites for hydroxylation is 2. The minimum absolute atomic E-state index is 0.108. The van der Waals surface area contributed by atoms with Crippen LogP contribution in [0.25, 0.3) is 22.0 Å². The van der Waals surface area contributed by atoms with Gasteiger partial charge in [-0.15, -0.1) is 0 Å². The van der Waals surface area contributed by atoms with Crippen molar-refractivity contribution in [2.24, 2.45) is 0 Å². The van der Waals surface area contributed by atoms with E-state index in [1.165, 1.54) is 6.26 Å². The van der Waals surface area contributed by atoms with Crippen molar-refractivity contribution in [1.82, 2.24) is 9.88 Å². The molecule has 0 aliphatic carbocycles. The highest BCUT2D eigenvalue weighted by molar-refractivity contribution is 7.90. The molecule has 0 radical (unpaired) electrons. The van der Waals surface area contributed by atoms with Crippen molar-refractivity contribution < 1.29 is 13.2 Å². The lowest BCUT2D eigenvalue weighted by molar-refractivity contribution is 0.0951. The highest BCUT2D eigenvalue weighted by Gasteiger charge is 2.25. The summed E-state index contributed by atoms with van der Waals surface area (Å²) < 4.78 is 25.6. The van der Waals surface area contributed by atoms with Gasteiger partial charge in [0.25, 0.3) is 5.91 Å². The summed E-state index contributed by atoms with van der Waals surface area (Å²) in [6.07, 6.45) is 1.99. The quantitative estimate of drug-likeness (QED) is 0.724. The molecule has 1 N–H and O–H groups in total. The predicted molar refractivity (Wildman–Crippen MR) is 107 cm³/mol. The first-order valence-electron chi connectivity index (χ1n) is 8.97. The van der Waals surface area contributed by atoms with E-state index < -0.39 is 9.84 Å². The molecule has 7 heteroatoms. The van der Waals surface area contributed by atoms with Crippen LogP contribution in [0.4, 0.5) is 0 Å². The molecule has 0 fully saturated rings. The summed E-state index contributed by atoms with van der Waals surface area (Å²) in [5.74, 6) is -0.108. The maximum Gasteiger partial charge on any atom is 0.268 e. The van der Waals surface area contributed by atoms with Crippen LogP contribution in [-0.2, 0) is 16.4 Å². The van der Waals surface area contributed by atoms with Crippen LogP contribution in [0, 0.1) is 18.3 Å². The van der Waals surface area contributed by atoms with Gasteiger partial charge in [-0.3, -0.25) is 4.79 Å². The first kappa shape index (κ1) is 18.3. The number of amides is 1. The van der Waals surface area contributed by atoms with Gasteiger partial charge >= 0.3 is 0 Å². The molecule has 6 nitrogen and oxygen atoms in total. The van der Waals surface area contributed by atoms with E-state index in [-0.39, 0.29) is 10.8 Å². The number of hydrogen-bond acceptors (Lipinski definition) is 4. The molecule has 3 aromatic rings. The Labute approximate surface area is 163 Å². The third-order valence-corrected chi connectivity index (χ3v) is 6.32. The van der Waals surface area contributed by atoms with Gasteiger partial charge in [0.2, 0.25) is 0 Å². The molecule has 0 unspecified atom stereocenters. The summed E-state index contributed by atoms with van der Waals surface area (Å²) in [6.45, 7) is 3.21. The average Bonchev–Trinajstić information content (AvgIpc) is 2.82. The number of benzene rings is 2. The van der Waals surface area contributed by atoms with E-state index in [1.54, 1.807) is 30.3 Å². The first-order valence-corrected chi connectivity index (χ1v) is 10.9. The van der Waals surface area contributed by atoms with Crippen molar-refractivity contribution in [3.8, 4) is 17.2 Å². The number of aromatic nitrogens is 1. The van der Waals surface area contributed by atoms with Crippen molar-refractivity contribution in [2.75, 3.05) is 12.8 Å². The minimum Gasteiger partial charge on any atom is -0.351 e. The van der Waals surface area contributed by atoms with Crippen molar-refractivity contribution in [3.63, 3.8) is 0 Å². The molecule has 0 saturated carbocycles. The summed E-state index contributed by atoms with van der Waals surface area (Å²) in [7, 11) is -3.29. The number of hydrogen-bond donors (Lipinski definition) is 1. The molecule has 28 heavy (non-hydrogen) atoms. The van der Waals surface area contributed by atoms with Crippen LogP contribution in [0.3, 0.4) is 0 Å². The fourth-order valence-electron chi connectivity index (χ4n) is 3.86. The smallest absolute Gasteiger partial charge is 0.268 e. The second kappa shape index (κ2) is 6.50. The third kappa shape index (κ3) is 2.86. The lowest BCUT2D eigenvalue weighted by Crippen LogP contribution is -2.23. The topological polar surface area (TPSA) is 92.0 Å². The first-order chi connectivity index (χ1) is 13.3. The van der Waals surface area contributed by atoms with Gasteiger partial charge in [0.05, 0.1) is 22.0 Å². The average molecular weight is 393 g/mol. The van der Waals surface area contributed by atoms with Crippen molar-refractivity contribution in [3.05, 3.63) is 53.2 Å². The second-order valence-electron chi connectivity index (χ2n) is 7.06. The Morgan fingerprint density at radius 2 is 1.89 bits per heavy atom. The minimum atomic E-state index is -3.29. The number of fused-ring (bicyclic) bond motifs is 3. The predicted octanol–water partition coefficient (Wildman–Crippen LogP) is 3.03. The van der Waals surface area contributed by atoms with Crippen LogP contribution in [0.5, 0.6) is 0 Å². The summed E-state index contributed by atoms with van der Waals surface area (Å²) in [5, 5.41) is 13.3. The Hall–Kier alpha value is -3.11. The molecule has 0 atom stereocenters. The monoisotopic (exact) mass is 393 g/mol. The zero-order valence-corrected chi connectivity index (χ0v) is 16.4. The second-order valence-corrected chi connectivity index (χ2v) is 9.08. The zero-order chi connectivity index (χ0) is 20.1. The standard InChI is InChI=1S/C21H19N3O3S/c1-13-17-10-14(12-22)11-18(15-4-6-16(7-5-15)28(2,26)27)20(17)24-9-3-8-23-21(25)19(13)24/h4-7,10-11H,3,8-9H2,1-2H3,(H,23,25). The van der Waals surface area contributed by atoms with Gasteiger partial charge in [-0.1, -0.05) is 12.1 Å². The Balaban J connectivity index is 2.04. The number of nitriles is 1. The summed E-state index contributed by atoms with van der Waals surface area (Å²) >= 11 is 0. The van der Waals surface area contributed by atoms with Crippen LogP contribution >= 0.6 is 0 Å². The zero-order valence-electron chi connectivity index (χ0n) is 15.6. The Morgan fingerprint density at radius 3 is 2.54 bits per heavy atom. The van der Waals surface area contributed by atoms with Crippen molar-refractivity contribution in [2.45, 2.75) is 24.8 Å². The van der Waals surface area contributed by atoms with Crippen molar-refractivity contribution in [1.29, 1.82) is 5.26 Å².